The zero-order chi connectivity index (χ0) is 23.8. The topological polar surface area (TPSA) is 85.4 Å². The van der Waals surface area contributed by atoms with E-state index in [9.17, 15) is 23.1 Å². The zero-order valence-corrected chi connectivity index (χ0v) is 18.3. The Morgan fingerprint density at radius 2 is 2.06 bits per heavy atom. The number of rotatable bonds is 4. The molecule has 1 amide bonds. The quantitative estimate of drug-likeness (QED) is 0.757. The van der Waals surface area contributed by atoms with Crippen molar-refractivity contribution in [3.63, 3.8) is 0 Å². The van der Waals surface area contributed by atoms with Gasteiger partial charge in [-0.15, -0.1) is 0 Å². The van der Waals surface area contributed by atoms with Crippen molar-refractivity contribution in [3.05, 3.63) is 47.5 Å². The van der Waals surface area contributed by atoms with Crippen LogP contribution in [0.4, 0.5) is 18.9 Å². The molecule has 176 valence electrons. The summed E-state index contributed by atoms with van der Waals surface area (Å²) in [6.45, 7) is 4.01. The number of likely N-dealkylation sites (tertiary alicyclic amines) is 1. The summed E-state index contributed by atoms with van der Waals surface area (Å²) in [4.78, 5) is 20.5. The highest BCUT2D eigenvalue weighted by molar-refractivity contribution is 5.76. The molecule has 1 aromatic carbocycles. The van der Waals surface area contributed by atoms with Gasteiger partial charge in [-0.25, -0.2) is 4.98 Å². The maximum atomic E-state index is 13.4. The first-order chi connectivity index (χ1) is 15.7. The van der Waals surface area contributed by atoms with Crippen LogP contribution in [0.5, 0.6) is 0 Å². The minimum absolute atomic E-state index is 0.00302. The Morgan fingerprint density at radius 3 is 2.64 bits per heavy atom. The summed E-state index contributed by atoms with van der Waals surface area (Å²) < 4.78 is 42.1. The second kappa shape index (κ2) is 8.71. The Bertz CT molecular complexity index is 1070. The van der Waals surface area contributed by atoms with Crippen LogP contribution in [-0.4, -0.2) is 58.3 Å². The van der Waals surface area contributed by atoms with Crippen molar-refractivity contribution in [2.45, 2.75) is 32.5 Å². The lowest BCUT2D eigenvalue weighted by Gasteiger charge is -2.42. The van der Waals surface area contributed by atoms with E-state index < -0.39 is 17.3 Å². The third-order valence-corrected chi connectivity index (χ3v) is 7.17. The number of anilines is 1. The van der Waals surface area contributed by atoms with Crippen molar-refractivity contribution in [1.82, 2.24) is 14.5 Å². The predicted molar refractivity (Wildman–Crippen MR) is 114 cm³/mol. The van der Waals surface area contributed by atoms with E-state index in [4.69, 9.17) is 5.26 Å². The first kappa shape index (κ1) is 23.1. The SMILES string of the molecule is Cc1nccn1CC(=O)N1CCC2(CC1)CN(c1ccc(C#N)c(C(F)(F)F)c1)CC2CO. The second-order valence-corrected chi connectivity index (χ2v) is 8.94. The van der Waals surface area contributed by atoms with Gasteiger partial charge in [0.25, 0.3) is 0 Å². The largest absolute Gasteiger partial charge is 0.417 e. The molecule has 2 saturated heterocycles. The number of nitrogens with zero attached hydrogens (tertiary/aromatic N) is 5. The van der Waals surface area contributed by atoms with Crippen molar-refractivity contribution in [3.8, 4) is 6.07 Å². The van der Waals surface area contributed by atoms with Crippen LogP contribution >= 0.6 is 0 Å². The number of aromatic nitrogens is 2. The molecule has 4 rings (SSSR count). The normalized spacial score (nSPS) is 20.3. The Kier molecular flexibility index (Phi) is 6.10. The van der Waals surface area contributed by atoms with Crippen molar-refractivity contribution >= 4 is 11.6 Å². The number of piperidine rings is 1. The summed E-state index contributed by atoms with van der Waals surface area (Å²) in [5.74, 6) is 0.670. The van der Waals surface area contributed by atoms with E-state index in [0.717, 1.165) is 11.9 Å². The molecule has 1 N–H and O–H groups in total. The molecule has 1 spiro atoms. The number of imidazole rings is 1. The number of aryl methyl sites for hydroxylation is 1. The van der Waals surface area contributed by atoms with E-state index in [1.807, 2.05) is 16.7 Å². The van der Waals surface area contributed by atoms with Crippen LogP contribution in [0, 0.1) is 29.6 Å². The summed E-state index contributed by atoms with van der Waals surface area (Å²) in [5.41, 5.74) is -1.23. The minimum atomic E-state index is -4.62. The third kappa shape index (κ3) is 4.42. The number of alkyl halides is 3. The van der Waals surface area contributed by atoms with Crippen LogP contribution in [0.1, 0.15) is 29.8 Å². The molecular formula is C23H26F3N5O2. The van der Waals surface area contributed by atoms with E-state index >= 15 is 0 Å². The summed E-state index contributed by atoms with van der Waals surface area (Å²) in [5, 5.41) is 19.1. The number of carbonyl (C=O) groups excluding carboxylic acids is 1. The Labute approximate surface area is 190 Å². The average molecular weight is 461 g/mol. The number of hydrogen-bond donors (Lipinski definition) is 1. The highest BCUT2D eigenvalue weighted by atomic mass is 19.4. The first-order valence-corrected chi connectivity index (χ1v) is 10.9. The first-order valence-electron chi connectivity index (χ1n) is 10.9. The highest BCUT2D eigenvalue weighted by Gasteiger charge is 2.48. The van der Waals surface area contributed by atoms with Crippen LogP contribution in [0.25, 0.3) is 0 Å². The van der Waals surface area contributed by atoms with Crippen molar-refractivity contribution in [2.24, 2.45) is 11.3 Å². The van der Waals surface area contributed by atoms with E-state index in [1.165, 1.54) is 12.1 Å². The lowest BCUT2D eigenvalue weighted by Crippen LogP contribution is -2.48. The molecular weight excluding hydrogens is 435 g/mol. The van der Waals surface area contributed by atoms with Gasteiger partial charge in [0, 0.05) is 56.8 Å². The van der Waals surface area contributed by atoms with Gasteiger partial charge in [0.05, 0.1) is 17.2 Å². The minimum Gasteiger partial charge on any atom is -0.396 e. The number of amides is 1. The summed E-state index contributed by atoms with van der Waals surface area (Å²) in [7, 11) is 0. The van der Waals surface area contributed by atoms with Crippen LogP contribution in [-0.2, 0) is 17.5 Å². The fourth-order valence-electron chi connectivity index (χ4n) is 5.13. The molecule has 2 aliphatic rings. The summed E-state index contributed by atoms with van der Waals surface area (Å²) in [6.07, 6.45) is 0.147. The fraction of sp³-hybridized carbons (Fsp3) is 0.522. The molecule has 7 nitrogen and oxygen atoms in total. The molecule has 0 aliphatic carbocycles. The lowest BCUT2D eigenvalue weighted by molar-refractivity contribution is -0.137. The number of carbonyl (C=O) groups is 1. The molecule has 2 aliphatic heterocycles. The fourth-order valence-corrected chi connectivity index (χ4v) is 5.13. The smallest absolute Gasteiger partial charge is 0.396 e. The van der Waals surface area contributed by atoms with Gasteiger partial charge < -0.3 is 19.5 Å². The molecule has 33 heavy (non-hydrogen) atoms. The van der Waals surface area contributed by atoms with Gasteiger partial charge >= 0.3 is 6.18 Å². The van der Waals surface area contributed by atoms with Crippen molar-refractivity contribution in [2.75, 3.05) is 37.7 Å². The molecule has 1 aromatic heterocycles. The molecule has 1 atom stereocenters. The van der Waals surface area contributed by atoms with Gasteiger partial charge in [-0.1, -0.05) is 0 Å². The molecule has 0 radical (unpaired) electrons. The average Bonchev–Trinajstić information content (AvgIpc) is 3.36. The molecule has 2 aromatic rings. The number of hydrogen-bond acceptors (Lipinski definition) is 5. The van der Waals surface area contributed by atoms with E-state index in [0.29, 0.717) is 44.7 Å². The number of aliphatic hydroxyl groups is 1. The second-order valence-electron chi connectivity index (χ2n) is 8.94. The molecule has 10 heteroatoms. The van der Waals surface area contributed by atoms with Crippen molar-refractivity contribution < 1.29 is 23.1 Å². The highest BCUT2D eigenvalue weighted by Crippen LogP contribution is 2.46. The Morgan fingerprint density at radius 1 is 1.33 bits per heavy atom. The number of halogens is 3. The summed E-state index contributed by atoms with van der Waals surface area (Å²) in [6, 6.07) is 5.38. The zero-order valence-electron chi connectivity index (χ0n) is 18.3. The van der Waals surface area contributed by atoms with Gasteiger partial charge in [0.1, 0.15) is 12.4 Å². The Balaban J connectivity index is 1.47. The standard InChI is InChI=1S/C23H26F3N5O2/c1-16-28-6-9-30(16)13-21(33)29-7-4-22(5-8-29)15-31(12-18(22)14-32)19-3-2-17(11-27)20(10-19)23(24,25)26/h2-3,6,9-10,18,32H,4-5,7-8,12-15H2,1H3. The van der Waals surface area contributed by atoms with E-state index in [2.05, 4.69) is 4.98 Å². The monoisotopic (exact) mass is 461 g/mol. The van der Waals surface area contributed by atoms with Crippen LogP contribution in [0.2, 0.25) is 0 Å². The molecule has 0 bridgehead atoms. The van der Waals surface area contributed by atoms with Gasteiger partial charge in [-0.05, 0) is 43.4 Å². The van der Waals surface area contributed by atoms with Gasteiger partial charge in [0.15, 0.2) is 0 Å². The van der Waals surface area contributed by atoms with Gasteiger partial charge in [-0.3, -0.25) is 4.79 Å². The van der Waals surface area contributed by atoms with Crippen molar-refractivity contribution in [1.29, 1.82) is 5.26 Å². The van der Waals surface area contributed by atoms with E-state index in [-0.39, 0.29) is 30.4 Å². The number of benzene rings is 1. The maximum absolute atomic E-state index is 13.4. The predicted octanol–water partition coefficient (Wildman–Crippen LogP) is 2.82. The van der Waals surface area contributed by atoms with Crippen LogP contribution in [0.3, 0.4) is 0 Å². The molecule has 2 fully saturated rings. The maximum Gasteiger partial charge on any atom is 0.417 e. The Hall–Kier alpha value is -3.06. The number of aliphatic hydroxyl groups excluding tert-OH is 1. The summed E-state index contributed by atoms with van der Waals surface area (Å²) >= 11 is 0. The van der Waals surface area contributed by atoms with Gasteiger partial charge in [0.2, 0.25) is 5.91 Å². The molecule has 3 heterocycles. The van der Waals surface area contributed by atoms with Crippen LogP contribution in [0.15, 0.2) is 30.6 Å². The third-order valence-electron chi connectivity index (χ3n) is 7.17. The molecule has 1 unspecified atom stereocenters. The van der Waals surface area contributed by atoms with E-state index in [1.54, 1.807) is 23.0 Å². The molecule has 0 saturated carbocycles. The van der Waals surface area contributed by atoms with Gasteiger partial charge in [-0.2, -0.15) is 18.4 Å². The number of nitriles is 1. The van der Waals surface area contributed by atoms with Crippen LogP contribution < -0.4 is 4.90 Å². The lowest BCUT2D eigenvalue weighted by atomic mass is 9.71.